The van der Waals surface area contributed by atoms with E-state index in [0.717, 1.165) is 11.1 Å². The fraction of sp³-hybridized carbons (Fsp3) is 0.192. The Bertz CT molecular complexity index is 975. The number of nitrogens with one attached hydrogen (secondary N) is 1. The summed E-state index contributed by atoms with van der Waals surface area (Å²) >= 11 is 0. The van der Waals surface area contributed by atoms with E-state index in [-0.39, 0.29) is 30.6 Å². The van der Waals surface area contributed by atoms with E-state index in [1.807, 2.05) is 60.7 Å². The van der Waals surface area contributed by atoms with E-state index in [9.17, 15) is 14.4 Å². The van der Waals surface area contributed by atoms with Gasteiger partial charge in [-0.05, 0) is 35.4 Å². The molecule has 3 aromatic rings. The number of esters is 1. The van der Waals surface area contributed by atoms with Crippen molar-refractivity contribution in [3.63, 3.8) is 0 Å². The normalized spacial score (nSPS) is 10.5. The van der Waals surface area contributed by atoms with Crippen molar-refractivity contribution in [2.45, 2.75) is 25.7 Å². The Morgan fingerprint density at radius 1 is 0.806 bits per heavy atom. The Morgan fingerprint density at radius 3 is 1.87 bits per heavy atom. The number of carbonyl (C=O) groups excluding carboxylic acids is 3. The van der Waals surface area contributed by atoms with Crippen molar-refractivity contribution < 1.29 is 19.1 Å². The van der Waals surface area contributed by atoms with Crippen molar-refractivity contribution in [3.8, 4) is 0 Å². The summed E-state index contributed by atoms with van der Waals surface area (Å²) in [5.41, 5.74) is 3.07. The molecule has 0 aliphatic carbocycles. The highest BCUT2D eigenvalue weighted by Gasteiger charge is 2.20. The smallest absolute Gasteiger partial charge is 0.307 e. The Hall–Kier alpha value is -3.73. The molecule has 0 unspecified atom stereocenters. The first kappa shape index (κ1) is 22.0. The molecule has 0 radical (unpaired) electrons. The molecule has 0 saturated heterocycles. The fourth-order valence-electron chi connectivity index (χ4n) is 3.24. The Morgan fingerprint density at radius 2 is 1.35 bits per heavy atom. The number of amides is 1. The third-order valence-electron chi connectivity index (χ3n) is 4.95. The van der Waals surface area contributed by atoms with Crippen LogP contribution in [0.15, 0.2) is 84.9 Å². The minimum atomic E-state index is -0.433. The van der Waals surface area contributed by atoms with Crippen LogP contribution in [-0.4, -0.2) is 24.3 Å². The second-order valence-electron chi connectivity index (χ2n) is 7.14. The van der Waals surface area contributed by atoms with Crippen LogP contribution in [0.25, 0.3) is 0 Å². The Labute approximate surface area is 182 Å². The van der Waals surface area contributed by atoms with E-state index in [0.29, 0.717) is 17.7 Å². The van der Waals surface area contributed by atoms with Crippen molar-refractivity contribution in [1.82, 2.24) is 0 Å². The van der Waals surface area contributed by atoms with E-state index >= 15 is 0 Å². The van der Waals surface area contributed by atoms with Gasteiger partial charge in [-0.1, -0.05) is 67.6 Å². The number of carbonyl (C=O) groups is 3. The van der Waals surface area contributed by atoms with Gasteiger partial charge in [0.25, 0.3) is 0 Å². The SMILES string of the molecule is CCC(=O)Nc1ccc(C(=O)COC(=O)CC(c2ccccc2)c2ccccc2)cc1. The van der Waals surface area contributed by atoms with Gasteiger partial charge >= 0.3 is 5.97 Å². The van der Waals surface area contributed by atoms with Crippen molar-refractivity contribution in [2.75, 3.05) is 11.9 Å². The molecular weight excluding hydrogens is 390 g/mol. The number of ether oxygens (including phenoxy) is 1. The van der Waals surface area contributed by atoms with Crippen LogP contribution in [-0.2, 0) is 14.3 Å². The molecule has 1 N–H and O–H groups in total. The Kier molecular flexibility index (Phi) is 7.71. The highest BCUT2D eigenvalue weighted by molar-refractivity contribution is 5.98. The lowest BCUT2D eigenvalue weighted by Crippen LogP contribution is -2.17. The predicted molar refractivity (Wildman–Crippen MR) is 120 cm³/mol. The quantitative estimate of drug-likeness (QED) is 0.395. The van der Waals surface area contributed by atoms with Crippen molar-refractivity contribution in [1.29, 1.82) is 0 Å². The fourth-order valence-corrected chi connectivity index (χ4v) is 3.24. The number of hydrogen-bond donors (Lipinski definition) is 1. The zero-order chi connectivity index (χ0) is 22.1. The molecule has 0 bridgehead atoms. The van der Waals surface area contributed by atoms with Crippen LogP contribution in [0, 0.1) is 0 Å². The minimum Gasteiger partial charge on any atom is -0.457 e. The average molecular weight is 415 g/mol. The monoisotopic (exact) mass is 415 g/mol. The standard InChI is InChI=1S/C26H25NO4/c1-2-25(29)27-22-15-13-21(14-16-22)24(28)18-31-26(30)17-23(19-9-5-3-6-10-19)20-11-7-4-8-12-20/h3-16,23H,2,17-18H2,1H3,(H,27,29). The van der Waals surface area contributed by atoms with Crippen LogP contribution >= 0.6 is 0 Å². The average Bonchev–Trinajstić information content (AvgIpc) is 2.82. The maximum absolute atomic E-state index is 12.5. The topological polar surface area (TPSA) is 72.5 Å². The predicted octanol–water partition coefficient (Wildman–Crippen LogP) is 4.98. The summed E-state index contributed by atoms with van der Waals surface area (Å²) in [4.78, 5) is 36.4. The van der Waals surface area contributed by atoms with Crippen LogP contribution in [0.2, 0.25) is 0 Å². The second kappa shape index (κ2) is 10.9. The molecule has 158 valence electrons. The number of rotatable bonds is 9. The number of ketones is 1. The van der Waals surface area contributed by atoms with Gasteiger partial charge in [0.05, 0.1) is 6.42 Å². The third-order valence-corrected chi connectivity index (χ3v) is 4.95. The number of Topliss-reactive ketones (excluding diaryl/α,β-unsaturated/α-hetero) is 1. The molecule has 5 nitrogen and oxygen atoms in total. The molecule has 0 heterocycles. The molecule has 1 amide bonds. The van der Waals surface area contributed by atoms with Crippen LogP contribution in [0.1, 0.15) is 47.2 Å². The molecule has 0 fully saturated rings. The molecule has 0 aliphatic heterocycles. The highest BCUT2D eigenvalue weighted by Crippen LogP contribution is 2.28. The summed E-state index contributed by atoms with van der Waals surface area (Å²) < 4.78 is 5.29. The maximum Gasteiger partial charge on any atom is 0.307 e. The van der Waals surface area contributed by atoms with Gasteiger partial charge in [-0.3, -0.25) is 14.4 Å². The van der Waals surface area contributed by atoms with Gasteiger partial charge in [0.2, 0.25) is 5.91 Å². The van der Waals surface area contributed by atoms with Crippen molar-refractivity contribution >= 4 is 23.3 Å². The number of hydrogen-bond acceptors (Lipinski definition) is 4. The first-order valence-corrected chi connectivity index (χ1v) is 10.3. The summed E-state index contributed by atoms with van der Waals surface area (Å²) in [7, 11) is 0. The summed E-state index contributed by atoms with van der Waals surface area (Å²) in [6.07, 6.45) is 0.521. The molecule has 3 aromatic carbocycles. The summed E-state index contributed by atoms with van der Waals surface area (Å²) in [6.45, 7) is 1.44. The summed E-state index contributed by atoms with van der Waals surface area (Å²) in [6, 6.07) is 26.1. The lowest BCUT2D eigenvalue weighted by atomic mass is 9.89. The number of benzene rings is 3. The van der Waals surface area contributed by atoms with Crippen molar-refractivity contribution in [2.24, 2.45) is 0 Å². The van der Waals surface area contributed by atoms with E-state index in [1.165, 1.54) is 0 Å². The van der Waals surface area contributed by atoms with Crippen LogP contribution in [0.4, 0.5) is 5.69 Å². The van der Waals surface area contributed by atoms with Gasteiger partial charge in [0.1, 0.15) is 0 Å². The van der Waals surface area contributed by atoms with Gasteiger partial charge in [-0.15, -0.1) is 0 Å². The number of anilines is 1. The lowest BCUT2D eigenvalue weighted by Gasteiger charge is -2.17. The van der Waals surface area contributed by atoms with E-state index in [2.05, 4.69) is 5.32 Å². The molecule has 0 aliphatic rings. The first-order valence-electron chi connectivity index (χ1n) is 10.3. The van der Waals surface area contributed by atoms with Gasteiger partial charge in [0.15, 0.2) is 12.4 Å². The van der Waals surface area contributed by atoms with E-state index < -0.39 is 5.97 Å². The van der Waals surface area contributed by atoms with Crippen molar-refractivity contribution in [3.05, 3.63) is 102 Å². The minimum absolute atomic E-state index is 0.0978. The van der Waals surface area contributed by atoms with Crippen LogP contribution < -0.4 is 5.32 Å². The third kappa shape index (κ3) is 6.37. The van der Waals surface area contributed by atoms with Gasteiger partial charge in [-0.2, -0.15) is 0 Å². The molecule has 3 rings (SSSR count). The molecule has 0 saturated carbocycles. The van der Waals surface area contributed by atoms with Crippen LogP contribution in [0.5, 0.6) is 0 Å². The highest BCUT2D eigenvalue weighted by atomic mass is 16.5. The summed E-state index contributed by atoms with van der Waals surface area (Å²) in [5, 5.41) is 2.73. The molecule has 0 spiro atoms. The van der Waals surface area contributed by atoms with Crippen LogP contribution in [0.3, 0.4) is 0 Å². The molecule has 0 atom stereocenters. The lowest BCUT2D eigenvalue weighted by molar-refractivity contribution is -0.142. The molecular formula is C26H25NO4. The maximum atomic E-state index is 12.5. The van der Waals surface area contributed by atoms with Gasteiger partial charge in [-0.25, -0.2) is 0 Å². The van der Waals surface area contributed by atoms with E-state index in [1.54, 1.807) is 31.2 Å². The van der Waals surface area contributed by atoms with E-state index in [4.69, 9.17) is 4.74 Å². The zero-order valence-electron chi connectivity index (χ0n) is 17.4. The first-order chi connectivity index (χ1) is 15.1. The molecule has 0 aromatic heterocycles. The largest absolute Gasteiger partial charge is 0.457 e. The second-order valence-corrected chi connectivity index (χ2v) is 7.14. The zero-order valence-corrected chi connectivity index (χ0v) is 17.4. The van der Waals surface area contributed by atoms with Gasteiger partial charge < -0.3 is 10.1 Å². The Balaban J connectivity index is 1.60. The summed E-state index contributed by atoms with van der Waals surface area (Å²) in [5.74, 6) is -0.971. The molecule has 5 heteroatoms. The van der Waals surface area contributed by atoms with Gasteiger partial charge in [0, 0.05) is 23.6 Å². The molecule has 31 heavy (non-hydrogen) atoms.